The number of hydrogen-bond acceptors (Lipinski definition) is 8. The van der Waals surface area contributed by atoms with Crippen molar-refractivity contribution in [3.8, 4) is 6.07 Å². The Balaban J connectivity index is 1.23. The Morgan fingerprint density at radius 3 is 2.70 bits per heavy atom. The van der Waals surface area contributed by atoms with Gasteiger partial charge in [-0.15, -0.1) is 4.59 Å². The van der Waals surface area contributed by atoms with E-state index in [1.165, 1.54) is 6.20 Å². The monoisotopic (exact) mass is 537 g/mol. The number of carbonyl (C=O) groups excluding carboxylic acids is 2. The van der Waals surface area contributed by atoms with Crippen LogP contribution in [0, 0.1) is 22.7 Å². The lowest BCUT2D eigenvalue weighted by Gasteiger charge is -2.42. The highest BCUT2D eigenvalue weighted by Gasteiger charge is 2.48. The number of ether oxygens (including phenoxy) is 1. The summed E-state index contributed by atoms with van der Waals surface area (Å²) in [6.45, 7) is 4.18. The molecule has 1 aromatic heterocycles. The number of nitriles is 1. The van der Waals surface area contributed by atoms with Gasteiger partial charge >= 0.3 is 0 Å². The van der Waals surface area contributed by atoms with E-state index in [1.54, 1.807) is 42.9 Å². The first-order chi connectivity index (χ1) is 19.3. The van der Waals surface area contributed by atoms with Crippen molar-refractivity contribution in [2.75, 3.05) is 31.6 Å². The maximum Gasteiger partial charge on any atom is 0.264 e. The molecule has 2 saturated heterocycles. The summed E-state index contributed by atoms with van der Waals surface area (Å²) < 4.78 is 5.19. The molecule has 202 valence electrons. The van der Waals surface area contributed by atoms with E-state index in [9.17, 15) is 9.59 Å². The van der Waals surface area contributed by atoms with Crippen molar-refractivity contribution < 1.29 is 18.9 Å². The van der Waals surface area contributed by atoms with Gasteiger partial charge in [-0.2, -0.15) is 16.1 Å². The van der Waals surface area contributed by atoms with Crippen LogP contribution >= 0.6 is 0 Å². The highest BCUT2D eigenvalue weighted by atomic mass is 16.5. The van der Waals surface area contributed by atoms with Gasteiger partial charge in [-0.25, -0.2) is 4.98 Å². The number of nitrogens with one attached hydrogen (secondary N) is 1. The van der Waals surface area contributed by atoms with Gasteiger partial charge < -0.3 is 15.0 Å². The standard InChI is InChI=1S/C29H28N8O3/c1-29(17-40-18-29)28(39)36-11-2-3-22(16-36)25-23-15-32-10-12-37(23,31)26(35-25)20-5-7-21(8-6-20)27(38)34-24-9-4-19(13-30)14-33-24/h4-10,12,14-15,22H,2-3,11,16-18,31H2,1H3/p+1/t22-,37?/m1/s1. The van der Waals surface area contributed by atoms with Gasteiger partial charge in [0, 0.05) is 30.8 Å². The van der Waals surface area contributed by atoms with Crippen LogP contribution in [0.4, 0.5) is 5.82 Å². The predicted octanol–water partition coefficient (Wildman–Crippen LogP) is 2.70. The average Bonchev–Trinajstić information content (AvgIpc) is 3.29. The lowest BCUT2D eigenvalue weighted by atomic mass is 9.85. The Morgan fingerprint density at radius 2 is 2.02 bits per heavy atom. The number of amides is 2. The van der Waals surface area contributed by atoms with Crippen molar-refractivity contribution in [3.63, 3.8) is 0 Å². The quantitative estimate of drug-likeness (QED) is 0.443. The Labute approximate surface area is 231 Å². The summed E-state index contributed by atoms with van der Waals surface area (Å²) in [7, 11) is 0. The van der Waals surface area contributed by atoms with Crippen molar-refractivity contribution in [1.29, 1.82) is 5.26 Å². The van der Waals surface area contributed by atoms with Gasteiger partial charge in [-0.3, -0.25) is 14.6 Å². The number of amidine groups is 1. The minimum Gasteiger partial charge on any atom is -0.379 e. The maximum atomic E-state index is 13.2. The molecular weight excluding hydrogens is 508 g/mol. The van der Waals surface area contributed by atoms with Crippen molar-refractivity contribution in [2.45, 2.75) is 19.8 Å². The largest absolute Gasteiger partial charge is 0.379 e. The first-order valence-corrected chi connectivity index (χ1v) is 13.2. The molecule has 4 aliphatic rings. The van der Waals surface area contributed by atoms with Crippen LogP contribution < -0.4 is 11.2 Å². The molecule has 1 unspecified atom stereocenters. The molecule has 6 rings (SSSR count). The summed E-state index contributed by atoms with van der Waals surface area (Å²) in [5.41, 5.74) is 2.80. The summed E-state index contributed by atoms with van der Waals surface area (Å²) in [4.78, 5) is 41.4. The number of carbonyl (C=O) groups is 2. The second-order valence-electron chi connectivity index (χ2n) is 10.8. The van der Waals surface area contributed by atoms with E-state index in [1.807, 2.05) is 30.0 Å². The molecule has 11 nitrogen and oxygen atoms in total. The third-order valence-corrected chi connectivity index (χ3v) is 7.81. The van der Waals surface area contributed by atoms with Crippen LogP contribution in [0.5, 0.6) is 0 Å². The summed E-state index contributed by atoms with van der Waals surface area (Å²) in [6, 6.07) is 12.2. The van der Waals surface area contributed by atoms with Crippen LogP contribution in [0.2, 0.25) is 0 Å². The Hall–Kier alpha value is -4.50. The zero-order valence-electron chi connectivity index (χ0n) is 22.1. The van der Waals surface area contributed by atoms with Crippen molar-refractivity contribution >= 4 is 29.7 Å². The molecular formula is C29H29N8O3+. The first-order valence-electron chi connectivity index (χ1n) is 13.2. The molecule has 11 heteroatoms. The summed E-state index contributed by atoms with van der Waals surface area (Å²) in [5, 5.41) is 11.7. The van der Waals surface area contributed by atoms with Crippen LogP contribution in [-0.2, 0) is 9.53 Å². The SMILES string of the molecule is CC1(C(=O)N2CCC[C@@H](C3=C4C=NC=C[N+]4(N)C(c4ccc(C(=O)Nc5ccc(C#N)cn5)cc4)=N3)C2)COC1. The third kappa shape index (κ3) is 4.42. The highest BCUT2D eigenvalue weighted by molar-refractivity contribution is 6.05. The third-order valence-electron chi connectivity index (χ3n) is 7.81. The van der Waals surface area contributed by atoms with E-state index >= 15 is 0 Å². The molecule has 40 heavy (non-hydrogen) atoms. The number of anilines is 1. The fourth-order valence-electron chi connectivity index (χ4n) is 5.50. The maximum absolute atomic E-state index is 13.2. The topological polar surface area (TPSA) is 146 Å². The van der Waals surface area contributed by atoms with E-state index in [2.05, 4.69) is 15.3 Å². The average molecular weight is 538 g/mol. The molecule has 0 bridgehead atoms. The zero-order chi connectivity index (χ0) is 27.9. The fourth-order valence-corrected chi connectivity index (χ4v) is 5.50. The minimum absolute atomic E-state index is 0.0266. The van der Waals surface area contributed by atoms with Gasteiger partial charge in [0.05, 0.1) is 42.2 Å². The molecule has 2 atom stereocenters. The molecule has 4 aliphatic heterocycles. The summed E-state index contributed by atoms with van der Waals surface area (Å²) in [6.07, 6.45) is 8.37. The second-order valence-corrected chi connectivity index (χ2v) is 10.8. The van der Waals surface area contributed by atoms with Gasteiger partial charge in [0.15, 0.2) is 0 Å². The number of aliphatic imine (C=N–C) groups is 2. The number of aromatic nitrogens is 1. The number of pyridine rings is 1. The lowest BCUT2D eigenvalue weighted by molar-refractivity contribution is -0.750. The van der Waals surface area contributed by atoms with E-state index in [0.29, 0.717) is 42.5 Å². The number of allylic oxidation sites excluding steroid dienone is 1. The molecule has 0 spiro atoms. The van der Waals surface area contributed by atoms with Crippen LogP contribution in [-0.4, -0.2) is 64.6 Å². The lowest BCUT2D eigenvalue weighted by Crippen LogP contribution is -2.55. The molecule has 1 aromatic carbocycles. The number of nitrogens with zero attached hydrogens (tertiary/aromatic N) is 6. The Kier molecular flexibility index (Phi) is 6.38. The minimum atomic E-state index is -0.448. The van der Waals surface area contributed by atoms with Crippen LogP contribution in [0.15, 0.2) is 76.4 Å². The number of benzene rings is 1. The smallest absolute Gasteiger partial charge is 0.264 e. The van der Waals surface area contributed by atoms with Crippen LogP contribution in [0.25, 0.3) is 0 Å². The molecule has 3 N–H and O–H groups in total. The van der Waals surface area contributed by atoms with E-state index in [-0.39, 0.29) is 22.3 Å². The van der Waals surface area contributed by atoms with E-state index in [4.69, 9.17) is 20.8 Å². The van der Waals surface area contributed by atoms with E-state index < -0.39 is 5.41 Å². The van der Waals surface area contributed by atoms with Gasteiger partial charge in [0.2, 0.25) is 11.6 Å². The number of quaternary nitrogens is 1. The fraction of sp³-hybridized carbons (Fsp3) is 0.310. The molecule has 5 heterocycles. The number of fused-ring (bicyclic) bond motifs is 1. The number of likely N-dealkylation sites (tertiary alicyclic amines) is 1. The summed E-state index contributed by atoms with van der Waals surface area (Å²) in [5.74, 6) is 7.73. The Bertz CT molecular complexity index is 1530. The second kappa shape index (κ2) is 9.91. The highest BCUT2D eigenvalue weighted by Crippen LogP contribution is 2.39. The van der Waals surface area contributed by atoms with Crippen LogP contribution in [0.3, 0.4) is 0 Å². The van der Waals surface area contributed by atoms with E-state index in [0.717, 1.165) is 36.3 Å². The van der Waals surface area contributed by atoms with Gasteiger partial charge in [-0.1, -0.05) is 0 Å². The molecule has 0 saturated carbocycles. The van der Waals surface area contributed by atoms with Crippen molar-refractivity contribution in [1.82, 2.24) is 9.88 Å². The molecule has 2 aromatic rings. The number of hydrogen-bond donors (Lipinski definition) is 2. The molecule has 0 aliphatic carbocycles. The molecule has 0 radical (unpaired) electrons. The number of rotatable bonds is 5. The van der Waals surface area contributed by atoms with Gasteiger partial charge in [0.1, 0.15) is 23.8 Å². The summed E-state index contributed by atoms with van der Waals surface area (Å²) >= 11 is 0. The molecule has 2 amide bonds. The zero-order valence-corrected chi connectivity index (χ0v) is 22.1. The van der Waals surface area contributed by atoms with Crippen LogP contribution in [0.1, 0.15) is 41.3 Å². The van der Waals surface area contributed by atoms with Crippen molar-refractivity contribution in [3.05, 3.63) is 83.1 Å². The predicted molar refractivity (Wildman–Crippen MR) is 147 cm³/mol. The Morgan fingerprint density at radius 1 is 1.23 bits per heavy atom. The normalized spacial score (nSPS) is 24.6. The first kappa shape index (κ1) is 25.8. The van der Waals surface area contributed by atoms with Crippen molar-refractivity contribution in [2.24, 2.45) is 27.2 Å². The number of piperidine rings is 1. The number of nitrogens with two attached hydrogens (primary N) is 1. The van der Waals surface area contributed by atoms with Gasteiger partial charge in [0.25, 0.3) is 11.7 Å². The molecule has 2 fully saturated rings. The van der Waals surface area contributed by atoms with Gasteiger partial charge in [-0.05, 0) is 56.2 Å².